The van der Waals surface area contributed by atoms with Gasteiger partial charge in [-0.15, -0.1) is 0 Å². The lowest BCUT2D eigenvalue weighted by Gasteiger charge is -2.22. The van der Waals surface area contributed by atoms with Gasteiger partial charge < -0.3 is 14.6 Å². The summed E-state index contributed by atoms with van der Waals surface area (Å²) in [7, 11) is 0. The molecule has 162 valence electrons. The van der Waals surface area contributed by atoms with Gasteiger partial charge in [-0.2, -0.15) is 0 Å². The number of pyridine rings is 1. The van der Waals surface area contributed by atoms with Gasteiger partial charge in [-0.3, -0.25) is 19.0 Å². The number of benzene rings is 1. The van der Waals surface area contributed by atoms with Crippen LogP contribution in [0.5, 0.6) is 0 Å². The highest BCUT2D eigenvalue weighted by Gasteiger charge is 2.27. The lowest BCUT2D eigenvalue weighted by Crippen LogP contribution is -2.26. The van der Waals surface area contributed by atoms with E-state index in [0.717, 1.165) is 41.0 Å². The van der Waals surface area contributed by atoms with Crippen molar-refractivity contribution in [2.24, 2.45) is 0 Å². The van der Waals surface area contributed by atoms with Crippen molar-refractivity contribution in [3.8, 4) is 0 Å². The number of carbonyl (C=O) groups is 1. The van der Waals surface area contributed by atoms with Gasteiger partial charge in [0.05, 0.1) is 29.5 Å². The number of nitrogens with zero attached hydrogens (tertiary/aromatic N) is 4. The fraction of sp³-hybridized carbons (Fsp3) is 0.333. The Morgan fingerprint density at radius 1 is 1.16 bits per heavy atom. The number of amides is 1. The molecule has 1 aromatic carbocycles. The van der Waals surface area contributed by atoms with Crippen LogP contribution < -0.4 is 5.56 Å². The number of aromatic nitrogens is 4. The molecule has 4 aromatic rings. The summed E-state index contributed by atoms with van der Waals surface area (Å²) in [5.41, 5.74) is 5.29. The van der Waals surface area contributed by atoms with E-state index in [1.165, 1.54) is 0 Å². The van der Waals surface area contributed by atoms with Crippen LogP contribution in [0, 0.1) is 6.92 Å². The number of ether oxygens (including phenoxy) is 1. The standard InChI is InChI=1S/C24H23N5O3/c1-14-9-20-18(10-17(14)24(31)28-12-16-3-2-6-25-19(16)13-28)27-23(30)21-11-26-22(29(20)21)15-4-7-32-8-5-15/h2-3,6,9-11,15H,4-5,7-8,12-13H2,1H3,(H,27,30). The molecule has 32 heavy (non-hydrogen) atoms. The van der Waals surface area contributed by atoms with E-state index >= 15 is 0 Å². The van der Waals surface area contributed by atoms with Crippen LogP contribution in [-0.2, 0) is 17.8 Å². The van der Waals surface area contributed by atoms with Crippen LogP contribution in [0.25, 0.3) is 16.6 Å². The maximum absolute atomic E-state index is 13.4. The summed E-state index contributed by atoms with van der Waals surface area (Å²) in [5, 5.41) is 0. The van der Waals surface area contributed by atoms with E-state index in [1.807, 2.05) is 29.5 Å². The van der Waals surface area contributed by atoms with Gasteiger partial charge in [-0.25, -0.2) is 4.98 Å². The van der Waals surface area contributed by atoms with Gasteiger partial charge >= 0.3 is 0 Å². The van der Waals surface area contributed by atoms with Crippen LogP contribution in [0.1, 0.15) is 51.8 Å². The van der Waals surface area contributed by atoms with Gasteiger partial charge in [0.1, 0.15) is 11.3 Å². The maximum atomic E-state index is 13.4. The summed E-state index contributed by atoms with van der Waals surface area (Å²) < 4.78 is 7.46. The Kier molecular flexibility index (Phi) is 4.36. The minimum atomic E-state index is -0.205. The highest BCUT2D eigenvalue weighted by molar-refractivity contribution is 5.99. The summed E-state index contributed by atoms with van der Waals surface area (Å²) in [4.78, 5) is 39.9. The van der Waals surface area contributed by atoms with E-state index in [4.69, 9.17) is 4.74 Å². The molecule has 1 N–H and O–H groups in total. The smallest absolute Gasteiger partial charge is 0.274 e. The van der Waals surface area contributed by atoms with E-state index in [1.54, 1.807) is 23.4 Å². The summed E-state index contributed by atoms with van der Waals surface area (Å²) in [6, 6.07) is 7.69. The quantitative estimate of drug-likeness (QED) is 0.529. The Morgan fingerprint density at radius 3 is 2.81 bits per heavy atom. The topological polar surface area (TPSA) is 92.6 Å². The van der Waals surface area contributed by atoms with Gasteiger partial charge in [0.25, 0.3) is 11.5 Å². The molecule has 0 saturated carbocycles. The SMILES string of the molecule is Cc1cc2c(cc1C(=O)N1Cc3cccnc3C1)[nH]c(=O)c1cnc(C3CCOCC3)n12. The first-order valence-corrected chi connectivity index (χ1v) is 10.9. The molecule has 1 fully saturated rings. The van der Waals surface area contributed by atoms with E-state index in [9.17, 15) is 9.59 Å². The van der Waals surface area contributed by atoms with Crippen LogP contribution in [0.3, 0.4) is 0 Å². The van der Waals surface area contributed by atoms with Crippen molar-refractivity contribution < 1.29 is 9.53 Å². The van der Waals surface area contributed by atoms with Crippen molar-refractivity contribution in [2.75, 3.05) is 13.2 Å². The summed E-state index contributed by atoms with van der Waals surface area (Å²) in [6.07, 6.45) is 5.16. The van der Waals surface area contributed by atoms with Gasteiger partial charge in [0, 0.05) is 37.4 Å². The zero-order chi connectivity index (χ0) is 21.8. The van der Waals surface area contributed by atoms with Crippen molar-refractivity contribution in [3.05, 3.63) is 75.2 Å². The van der Waals surface area contributed by atoms with Crippen LogP contribution in [0.4, 0.5) is 0 Å². The minimum Gasteiger partial charge on any atom is -0.381 e. The Hall–Kier alpha value is -3.52. The number of rotatable bonds is 2. The van der Waals surface area contributed by atoms with E-state index < -0.39 is 0 Å². The fourth-order valence-corrected chi connectivity index (χ4v) is 4.93. The predicted molar refractivity (Wildman–Crippen MR) is 119 cm³/mol. The summed E-state index contributed by atoms with van der Waals surface area (Å²) in [6.45, 7) is 4.38. The fourth-order valence-electron chi connectivity index (χ4n) is 4.93. The normalized spacial score (nSPS) is 16.7. The van der Waals surface area contributed by atoms with E-state index in [2.05, 4.69) is 15.0 Å². The molecular weight excluding hydrogens is 406 g/mol. The van der Waals surface area contributed by atoms with Crippen molar-refractivity contribution in [1.29, 1.82) is 0 Å². The summed E-state index contributed by atoms with van der Waals surface area (Å²) >= 11 is 0. The van der Waals surface area contributed by atoms with Crippen molar-refractivity contribution >= 4 is 22.5 Å². The molecule has 3 aromatic heterocycles. The average molecular weight is 429 g/mol. The Morgan fingerprint density at radius 2 is 2.00 bits per heavy atom. The van der Waals surface area contributed by atoms with E-state index in [0.29, 0.717) is 42.9 Å². The number of aromatic amines is 1. The third-order valence-electron chi connectivity index (χ3n) is 6.64. The molecule has 8 heteroatoms. The molecular formula is C24H23N5O3. The largest absolute Gasteiger partial charge is 0.381 e. The highest BCUT2D eigenvalue weighted by Crippen LogP contribution is 2.30. The van der Waals surface area contributed by atoms with Crippen LogP contribution >= 0.6 is 0 Å². The molecule has 2 aliphatic rings. The van der Waals surface area contributed by atoms with Gasteiger partial charge in [-0.1, -0.05) is 6.07 Å². The number of H-pyrrole nitrogens is 1. The molecule has 6 rings (SSSR count). The summed E-state index contributed by atoms with van der Waals surface area (Å²) in [5.74, 6) is 1.08. The first kappa shape index (κ1) is 19.2. The second-order valence-electron chi connectivity index (χ2n) is 8.63. The molecule has 1 saturated heterocycles. The molecule has 0 spiro atoms. The van der Waals surface area contributed by atoms with Crippen molar-refractivity contribution in [3.63, 3.8) is 0 Å². The number of nitrogens with one attached hydrogen (secondary N) is 1. The van der Waals surface area contributed by atoms with Crippen molar-refractivity contribution in [1.82, 2.24) is 24.3 Å². The van der Waals surface area contributed by atoms with Crippen LogP contribution in [0.15, 0.2) is 41.5 Å². The monoisotopic (exact) mass is 429 g/mol. The predicted octanol–water partition coefficient (Wildman–Crippen LogP) is 2.93. The maximum Gasteiger partial charge on any atom is 0.274 e. The van der Waals surface area contributed by atoms with Crippen molar-refractivity contribution in [2.45, 2.75) is 38.8 Å². The molecule has 0 radical (unpaired) electrons. The number of hydrogen-bond donors (Lipinski definition) is 1. The third-order valence-corrected chi connectivity index (χ3v) is 6.64. The Labute approximate surface area is 183 Å². The third kappa shape index (κ3) is 2.94. The lowest BCUT2D eigenvalue weighted by molar-refractivity contribution is 0.0749. The molecule has 1 amide bonds. The first-order valence-electron chi connectivity index (χ1n) is 10.9. The molecule has 0 atom stereocenters. The lowest BCUT2D eigenvalue weighted by atomic mass is 9.99. The zero-order valence-corrected chi connectivity index (χ0v) is 17.8. The Bertz CT molecular complexity index is 1410. The number of imidazole rings is 1. The molecule has 5 heterocycles. The highest BCUT2D eigenvalue weighted by atomic mass is 16.5. The Balaban J connectivity index is 1.45. The first-order chi connectivity index (χ1) is 15.6. The molecule has 0 bridgehead atoms. The zero-order valence-electron chi connectivity index (χ0n) is 17.8. The number of aryl methyl sites for hydroxylation is 1. The number of carbonyl (C=O) groups excluding carboxylic acids is 1. The van der Waals surface area contributed by atoms with Crippen LogP contribution in [0.2, 0.25) is 0 Å². The van der Waals surface area contributed by atoms with E-state index in [-0.39, 0.29) is 17.4 Å². The van der Waals surface area contributed by atoms with Crippen LogP contribution in [-0.4, -0.2) is 43.4 Å². The number of fused-ring (bicyclic) bond motifs is 4. The second kappa shape index (κ2) is 7.27. The molecule has 2 aliphatic heterocycles. The molecule has 8 nitrogen and oxygen atoms in total. The van der Waals surface area contributed by atoms with Gasteiger partial charge in [0.15, 0.2) is 0 Å². The van der Waals surface area contributed by atoms with Gasteiger partial charge in [-0.05, 0) is 49.1 Å². The van der Waals surface area contributed by atoms with Gasteiger partial charge in [0.2, 0.25) is 0 Å². The minimum absolute atomic E-state index is 0.0568. The second-order valence-corrected chi connectivity index (χ2v) is 8.63. The number of hydrogen-bond acceptors (Lipinski definition) is 5. The molecule has 0 aliphatic carbocycles. The average Bonchev–Trinajstić information content (AvgIpc) is 3.45. The molecule has 0 unspecified atom stereocenters.